The lowest BCUT2D eigenvalue weighted by Gasteiger charge is -2.15. The van der Waals surface area contributed by atoms with E-state index in [0.717, 1.165) is 17.1 Å². The molecule has 16 heavy (non-hydrogen) atoms. The number of benzene rings is 1. The van der Waals surface area contributed by atoms with Crippen LogP contribution in [0.3, 0.4) is 0 Å². The Hall–Kier alpha value is -1.26. The minimum atomic E-state index is 0.0716. The van der Waals surface area contributed by atoms with Crippen molar-refractivity contribution in [3.8, 4) is 11.5 Å². The molecule has 0 saturated heterocycles. The molecule has 0 heterocycles. The zero-order valence-electron chi connectivity index (χ0n) is 9.77. The Morgan fingerprint density at radius 2 is 2.06 bits per heavy atom. The summed E-state index contributed by atoms with van der Waals surface area (Å²) in [6.45, 7) is 0.553. The predicted molar refractivity (Wildman–Crippen MR) is 62.9 cm³/mol. The van der Waals surface area contributed by atoms with Gasteiger partial charge in [-0.1, -0.05) is 6.07 Å². The van der Waals surface area contributed by atoms with Crippen LogP contribution in [0, 0.1) is 5.92 Å². The van der Waals surface area contributed by atoms with Crippen molar-refractivity contribution in [2.75, 3.05) is 27.4 Å². The van der Waals surface area contributed by atoms with Crippen molar-refractivity contribution in [3.05, 3.63) is 23.8 Å². The van der Waals surface area contributed by atoms with E-state index in [2.05, 4.69) is 0 Å². The highest BCUT2D eigenvalue weighted by atomic mass is 16.5. The van der Waals surface area contributed by atoms with Gasteiger partial charge in [-0.15, -0.1) is 0 Å². The Morgan fingerprint density at radius 1 is 1.31 bits per heavy atom. The lowest BCUT2D eigenvalue weighted by molar-refractivity contribution is 0.229. The quantitative estimate of drug-likeness (QED) is 0.752. The van der Waals surface area contributed by atoms with Crippen LogP contribution in [0.4, 0.5) is 0 Å². The summed E-state index contributed by atoms with van der Waals surface area (Å²) in [5, 5.41) is 9.11. The van der Waals surface area contributed by atoms with Crippen LogP contribution >= 0.6 is 0 Å². The molecule has 0 aromatic heterocycles. The van der Waals surface area contributed by atoms with E-state index in [9.17, 15) is 0 Å². The fraction of sp³-hybridized carbons (Fsp3) is 0.500. The first-order valence-electron chi connectivity index (χ1n) is 5.27. The number of aliphatic hydroxyl groups excluding tert-OH is 1. The normalized spacial score (nSPS) is 12.2. The molecule has 90 valence electrons. The molecular formula is C12H19NO3. The molecule has 0 aliphatic carbocycles. The van der Waals surface area contributed by atoms with Crippen LogP contribution in [0.1, 0.15) is 5.56 Å². The molecule has 0 fully saturated rings. The van der Waals surface area contributed by atoms with Crippen molar-refractivity contribution in [2.24, 2.45) is 11.7 Å². The molecule has 3 N–H and O–H groups in total. The Bertz CT molecular complexity index is 324. The van der Waals surface area contributed by atoms with Gasteiger partial charge >= 0.3 is 0 Å². The Morgan fingerprint density at radius 3 is 2.56 bits per heavy atom. The highest BCUT2D eigenvalue weighted by Crippen LogP contribution is 2.26. The van der Waals surface area contributed by atoms with Crippen LogP contribution in [-0.4, -0.2) is 32.5 Å². The minimum Gasteiger partial charge on any atom is -0.497 e. The smallest absolute Gasteiger partial charge is 0.125 e. The van der Waals surface area contributed by atoms with Gasteiger partial charge in [-0.3, -0.25) is 0 Å². The van der Waals surface area contributed by atoms with E-state index < -0.39 is 0 Å². The molecule has 0 spiro atoms. The zero-order chi connectivity index (χ0) is 12.0. The van der Waals surface area contributed by atoms with E-state index >= 15 is 0 Å². The minimum absolute atomic E-state index is 0.0716. The van der Waals surface area contributed by atoms with Crippen molar-refractivity contribution in [2.45, 2.75) is 6.42 Å². The number of methoxy groups -OCH3 is 2. The van der Waals surface area contributed by atoms with Crippen LogP contribution in [0.25, 0.3) is 0 Å². The summed E-state index contributed by atoms with van der Waals surface area (Å²) in [4.78, 5) is 0. The lowest BCUT2D eigenvalue weighted by atomic mass is 9.99. The second kappa shape index (κ2) is 6.35. The van der Waals surface area contributed by atoms with E-state index in [1.54, 1.807) is 14.2 Å². The van der Waals surface area contributed by atoms with Gasteiger partial charge in [0.05, 0.1) is 14.2 Å². The molecule has 0 radical (unpaired) electrons. The van der Waals surface area contributed by atoms with Crippen LogP contribution in [0.5, 0.6) is 11.5 Å². The molecule has 1 rings (SSSR count). The SMILES string of the molecule is COc1ccc(C[C@@H](CN)CO)c(OC)c1. The molecule has 0 aliphatic rings. The van der Waals surface area contributed by atoms with Gasteiger partial charge in [0.2, 0.25) is 0 Å². The fourth-order valence-electron chi connectivity index (χ4n) is 1.55. The molecule has 1 aromatic rings. The van der Waals surface area contributed by atoms with Crippen molar-refractivity contribution >= 4 is 0 Å². The molecule has 0 unspecified atom stereocenters. The van der Waals surface area contributed by atoms with E-state index in [4.69, 9.17) is 20.3 Å². The summed E-state index contributed by atoms with van der Waals surface area (Å²) in [6.07, 6.45) is 0.708. The van der Waals surface area contributed by atoms with Crippen LogP contribution in [0.2, 0.25) is 0 Å². The zero-order valence-corrected chi connectivity index (χ0v) is 9.77. The summed E-state index contributed by atoms with van der Waals surface area (Å²) in [7, 11) is 3.24. The topological polar surface area (TPSA) is 64.7 Å². The van der Waals surface area contributed by atoms with Gasteiger partial charge in [0.15, 0.2) is 0 Å². The van der Waals surface area contributed by atoms with Gasteiger partial charge in [0.1, 0.15) is 11.5 Å². The Balaban J connectivity index is 2.86. The second-order valence-electron chi connectivity index (χ2n) is 3.67. The van der Waals surface area contributed by atoms with Gasteiger partial charge in [-0.2, -0.15) is 0 Å². The molecule has 1 atom stereocenters. The first-order valence-corrected chi connectivity index (χ1v) is 5.27. The molecule has 0 aliphatic heterocycles. The highest BCUT2D eigenvalue weighted by molar-refractivity contribution is 5.41. The summed E-state index contributed by atoms with van der Waals surface area (Å²) >= 11 is 0. The van der Waals surface area contributed by atoms with Crippen LogP contribution in [0.15, 0.2) is 18.2 Å². The average molecular weight is 225 g/mol. The number of hydrogen-bond donors (Lipinski definition) is 2. The van der Waals surface area contributed by atoms with Crippen molar-refractivity contribution in [1.29, 1.82) is 0 Å². The monoisotopic (exact) mass is 225 g/mol. The van der Waals surface area contributed by atoms with Crippen LogP contribution in [-0.2, 0) is 6.42 Å². The number of hydrogen-bond acceptors (Lipinski definition) is 4. The third-order valence-electron chi connectivity index (χ3n) is 2.59. The number of ether oxygens (including phenoxy) is 2. The molecule has 0 bridgehead atoms. The maximum Gasteiger partial charge on any atom is 0.125 e. The molecule has 4 nitrogen and oxygen atoms in total. The maximum absolute atomic E-state index is 9.11. The summed E-state index contributed by atoms with van der Waals surface area (Å²) in [6, 6.07) is 5.65. The van der Waals surface area contributed by atoms with Gasteiger partial charge in [-0.25, -0.2) is 0 Å². The summed E-state index contributed by atoms with van der Waals surface area (Å²) in [5.41, 5.74) is 6.59. The van der Waals surface area contributed by atoms with E-state index in [1.165, 1.54) is 0 Å². The van der Waals surface area contributed by atoms with Gasteiger partial charge in [0.25, 0.3) is 0 Å². The third kappa shape index (κ3) is 3.12. The van der Waals surface area contributed by atoms with Crippen molar-refractivity contribution in [3.63, 3.8) is 0 Å². The maximum atomic E-state index is 9.11. The number of nitrogens with two attached hydrogens (primary N) is 1. The van der Waals surface area contributed by atoms with Gasteiger partial charge in [0, 0.05) is 12.7 Å². The van der Waals surface area contributed by atoms with Crippen LogP contribution < -0.4 is 15.2 Å². The number of rotatable bonds is 6. The average Bonchev–Trinajstić information content (AvgIpc) is 2.35. The van der Waals surface area contributed by atoms with E-state index in [0.29, 0.717) is 13.0 Å². The van der Waals surface area contributed by atoms with Gasteiger partial charge in [-0.05, 0) is 30.5 Å². The van der Waals surface area contributed by atoms with E-state index in [-0.39, 0.29) is 12.5 Å². The van der Waals surface area contributed by atoms with Crippen molar-refractivity contribution < 1.29 is 14.6 Å². The van der Waals surface area contributed by atoms with Crippen molar-refractivity contribution in [1.82, 2.24) is 0 Å². The largest absolute Gasteiger partial charge is 0.497 e. The van der Waals surface area contributed by atoms with Gasteiger partial charge < -0.3 is 20.3 Å². The Labute approximate surface area is 96.0 Å². The highest BCUT2D eigenvalue weighted by Gasteiger charge is 2.11. The Kier molecular flexibility index (Phi) is 5.08. The molecule has 1 aromatic carbocycles. The first kappa shape index (κ1) is 12.8. The molecular weight excluding hydrogens is 206 g/mol. The summed E-state index contributed by atoms with van der Waals surface area (Å²) < 4.78 is 10.4. The third-order valence-corrected chi connectivity index (χ3v) is 2.59. The predicted octanol–water partition coefficient (Wildman–Crippen LogP) is 0.814. The molecule has 0 amide bonds. The van der Waals surface area contributed by atoms with E-state index in [1.807, 2.05) is 18.2 Å². The number of aliphatic hydroxyl groups is 1. The first-order chi connectivity index (χ1) is 7.74. The fourth-order valence-corrected chi connectivity index (χ4v) is 1.55. The molecule has 4 heteroatoms. The second-order valence-corrected chi connectivity index (χ2v) is 3.67. The summed E-state index contributed by atoms with van der Waals surface area (Å²) in [5.74, 6) is 1.60. The molecule has 0 saturated carbocycles. The standard InChI is InChI=1S/C12H19NO3/c1-15-11-4-3-10(12(6-11)16-2)5-9(7-13)8-14/h3-4,6,9,14H,5,7-8,13H2,1-2H3/t9-/m0/s1. The lowest BCUT2D eigenvalue weighted by Crippen LogP contribution is -2.20.